The molecule has 0 unspecified atom stereocenters. The highest BCUT2D eigenvalue weighted by molar-refractivity contribution is 9.10. The van der Waals surface area contributed by atoms with E-state index in [1.165, 1.54) is 0 Å². The van der Waals surface area contributed by atoms with E-state index in [2.05, 4.69) is 31.4 Å². The summed E-state index contributed by atoms with van der Waals surface area (Å²) in [5, 5.41) is 11.0. The molecule has 2 amide bonds. The molecule has 0 aliphatic carbocycles. The molecule has 4 rings (SSSR count). The van der Waals surface area contributed by atoms with E-state index in [-0.39, 0.29) is 18.2 Å². The van der Waals surface area contributed by atoms with Gasteiger partial charge in [-0.05, 0) is 24.3 Å². The van der Waals surface area contributed by atoms with Gasteiger partial charge in [0, 0.05) is 34.9 Å². The minimum atomic E-state index is -0.413. The number of amides is 2. The zero-order valence-electron chi connectivity index (χ0n) is 15.2. The third kappa shape index (κ3) is 3.47. The number of para-hydroxylation sites is 1. The lowest BCUT2D eigenvalue weighted by atomic mass is 10.1. The van der Waals surface area contributed by atoms with Crippen LogP contribution >= 0.6 is 15.9 Å². The summed E-state index contributed by atoms with van der Waals surface area (Å²) in [4.78, 5) is 26.7. The van der Waals surface area contributed by atoms with Crippen LogP contribution in [0.3, 0.4) is 0 Å². The summed E-state index contributed by atoms with van der Waals surface area (Å²) in [6, 6.07) is 13.2. The van der Waals surface area contributed by atoms with E-state index in [1.54, 1.807) is 12.0 Å². The number of nitrogens with zero attached hydrogens (tertiary/aromatic N) is 2. The van der Waals surface area contributed by atoms with E-state index in [1.807, 2.05) is 42.5 Å². The number of halogens is 1. The van der Waals surface area contributed by atoms with E-state index >= 15 is 0 Å². The van der Waals surface area contributed by atoms with Crippen molar-refractivity contribution in [1.82, 2.24) is 15.5 Å². The second kappa shape index (κ2) is 7.63. The number of ether oxygens (including phenoxy) is 1. The predicted molar refractivity (Wildman–Crippen MR) is 109 cm³/mol. The lowest BCUT2D eigenvalue weighted by molar-refractivity contribution is -0.126. The predicted octanol–water partition coefficient (Wildman–Crippen LogP) is 3.00. The quantitative estimate of drug-likeness (QED) is 0.635. The fraction of sp³-hybridized carbons (Fsp3) is 0.250. The van der Waals surface area contributed by atoms with Crippen LogP contribution in [-0.4, -0.2) is 35.7 Å². The summed E-state index contributed by atoms with van der Waals surface area (Å²) < 4.78 is 6.23. The molecular weight excluding hydrogens is 424 g/mol. The van der Waals surface area contributed by atoms with Gasteiger partial charge >= 0.3 is 0 Å². The maximum Gasteiger partial charge on any atom is 0.229 e. The van der Waals surface area contributed by atoms with Crippen LogP contribution in [0.15, 0.2) is 46.9 Å². The van der Waals surface area contributed by atoms with Crippen LogP contribution < -0.4 is 15.0 Å². The summed E-state index contributed by atoms with van der Waals surface area (Å²) in [6.45, 7) is 0.666. The van der Waals surface area contributed by atoms with Crippen molar-refractivity contribution in [1.29, 1.82) is 0 Å². The van der Waals surface area contributed by atoms with Crippen molar-refractivity contribution in [2.75, 3.05) is 18.6 Å². The van der Waals surface area contributed by atoms with Crippen molar-refractivity contribution in [3.8, 4) is 5.75 Å². The largest absolute Gasteiger partial charge is 0.496 e. The number of carbonyl (C=O) groups is 2. The van der Waals surface area contributed by atoms with Gasteiger partial charge in [0.05, 0.1) is 18.5 Å². The lowest BCUT2D eigenvalue weighted by Gasteiger charge is -2.15. The third-order valence-corrected chi connectivity index (χ3v) is 5.40. The number of fused-ring (bicyclic) bond motifs is 1. The molecule has 1 fully saturated rings. The smallest absolute Gasteiger partial charge is 0.229 e. The molecule has 0 spiro atoms. The van der Waals surface area contributed by atoms with Crippen molar-refractivity contribution in [3.05, 3.63) is 52.5 Å². The van der Waals surface area contributed by atoms with Crippen molar-refractivity contribution in [3.63, 3.8) is 0 Å². The van der Waals surface area contributed by atoms with Gasteiger partial charge in [-0.25, -0.2) is 0 Å². The summed E-state index contributed by atoms with van der Waals surface area (Å²) in [5.41, 5.74) is 1.73. The molecule has 28 heavy (non-hydrogen) atoms. The van der Waals surface area contributed by atoms with Crippen LogP contribution in [0.1, 0.15) is 12.0 Å². The number of nitrogens with one attached hydrogen (secondary N) is 2. The van der Waals surface area contributed by atoms with Crippen molar-refractivity contribution in [2.24, 2.45) is 5.92 Å². The Morgan fingerprint density at radius 3 is 3.00 bits per heavy atom. The topological polar surface area (TPSA) is 87.3 Å². The Kier molecular flexibility index (Phi) is 5.04. The van der Waals surface area contributed by atoms with Crippen molar-refractivity contribution >= 4 is 44.5 Å². The van der Waals surface area contributed by atoms with E-state index < -0.39 is 5.92 Å². The normalized spacial score (nSPS) is 16.6. The molecule has 1 aliphatic heterocycles. The molecule has 1 atom stereocenters. The number of rotatable bonds is 5. The number of aromatic amines is 1. The SMILES string of the molecule is COc1ccccc1CNC(=O)[C@H]1CC(=O)N(c2n[nH]c3cc(Br)ccc23)C1. The number of aromatic nitrogens is 2. The Morgan fingerprint density at radius 1 is 1.36 bits per heavy atom. The highest BCUT2D eigenvalue weighted by Gasteiger charge is 2.36. The van der Waals surface area contributed by atoms with E-state index in [4.69, 9.17) is 4.74 Å². The minimum Gasteiger partial charge on any atom is -0.496 e. The molecule has 3 aromatic rings. The lowest BCUT2D eigenvalue weighted by Crippen LogP contribution is -2.32. The number of carbonyl (C=O) groups excluding carboxylic acids is 2. The monoisotopic (exact) mass is 442 g/mol. The van der Waals surface area contributed by atoms with Gasteiger partial charge < -0.3 is 10.1 Å². The highest BCUT2D eigenvalue weighted by atomic mass is 79.9. The summed E-state index contributed by atoms with van der Waals surface area (Å²) in [6.07, 6.45) is 0.169. The molecule has 2 heterocycles. The minimum absolute atomic E-state index is 0.103. The Morgan fingerprint density at radius 2 is 2.18 bits per heavy atom. The van der Waals surface area contributed by atoms with Gasteiger partial charge in [0.2, 0.25) is 11.8 Å². The van der Waals surface area contributed by atoms with Gasteiger partial charge in [-0.2, -0.15) is 5.10 Å². The maximum atomic E-state index is 12.6. The molecule has 2 aromatic carbocycles. The van der Waals surface area contributed by atoms with Crippen LogP contribution in [0.5, 0.6) is 5.75 Å². The summed E-state index contributed by atoms with van der Waals surface area (Å²) in [5.74, 6) is 0.621. The number of H-pyrrole nitrogens is 1. The number of anilines is 1. The van der Waals surface area contributed by atoms with Gasteiger partial charge in [0.15, 0.2) is 5.82 Å². The first kappa shape index (κ1) is 18.5. The Hall–Kier alpha value is -2.87. The zero-order chi connectivity index (χ0) is 19.7. The molecule has 0 bridgehead atoms. The number of hydrogen-bond donors (Lipinski definition) is 2. The Balaban J connectivity index is 1.46. The molecule has 1 aromatic heterocycles. The fourth-order valence-electron chi connectivity index (χ4n) is 3.45. The van der Waals surface area contributed by atoms with E-state index in [0.717, 1.165) is 26.7 Å². The number of benzene rings is 2. The molecule has 144 valence electrons. The second-order valence-corrected chi connectivity index (χ2v) is 7.59. The van der Waals surface area contributed by atoms with Gasteiger partial charge in [-0.3, -0.25) is 19.6 Å². The number of hydrogen-bond acceptors (Lipinski definition) is 4. The van der Waals surface area contributed by atoms with Crippen LogP contribution in [0, 0.1) is 5.92 Å². The Labute approximate surface area is 170 Å². The first-order valence-electron chi connectivity index (χ1n) is 8.90. The fourth-order valence-corrected chi connectivity index (χ4v) is 3.81. The van der Waals surface area contributed by atoms with Gasteiger partial charge in [0.1, 0.15) is 5.75 Å². The first-order chi connectivity index (χ1) is 13.6. The van der Waals surface area contributed by atoms with Crippen LogP contribution in [0.25, 0.3) is 10.9 Å². The average molecular weight is 443 g/mol. The van der Waals surface area contributed by atoms with Gasteiger partial charge in [0.25, 0.3) is 0 Å². The third-order valence-electron chi connectivity index (χ3n) is 4.90. The molecular formula is C20H19BrN4O3. The molecule has 1 saturated heterocycles. The van der Waals surface area contributed by atoms with E-state index in [0.29, 0.717) is 18.9 Å². The van der Waals surface area contributed by atoms with Crippen LogP contribution in [-0.2, 0) is 16.1 Å². The highest BCUT2D eigenvalue weighted by Crippen LogP contribution is 2.31. The summed E-state index contributed by atoms with van der Waals surface area (Å²) >= 11 is 3.42. The second-order valence-electron chi connectivity index (χ2n) is 6.67. The molecule has 1 aliphatic rings. The average Bonchev–Trinajstić information content (AvgIpc) is 3.29. The number of methoxy groups -OCH3 is 1. The van der Waals surface area contributed by atoms with Gasteiger partial charge in [-0.1, -0.05) is 34.1 Å². The van der Waals surface area contributed by atoms with Gasteiger partial charge in [-0.15, -0.1) is 0 Å². The molecule has 8 heteroatoms. The van der Waals surface area contributed by atoms with Crippen molar-refractivity contribution in [2.45, 2.75) is 13.0 Å². The molecule has 2 N–H and O–H groups in total. The molecule has 0 saturated carbocycles. The van der Waals surface area contributed by atoms with Crippen LogP contribution in [0.2, 0.25) is 0 Å². The molecule has 0 radical (unpaired) electrons. The molecule has 7 nitrogen and oxygen atoms in total. The maximum absolute atomic E-state index is 12.6. The van der Waals surface area contributed by atoms with Crippen LogP contribution in [0.4, 0.5) is 5.82 Å². The Bertz CT molecular complexity index is 1050. The van der Waals surface area contributed by atoms with E-state index in [9.17, 15) is 9.59 Å². The zero-order valence-corrected chi connectivity index (χ0v) is 16.8. The summed E-state index contributed by atoms with van der Waals surface area (Å²) in [7, 11) is 1.60. The first-order valence-corrected chi connectivity index (χ1v) is 9.69. The van der Waals surface area contributed by atoms with Crippen molar-refractivity contribution < 1.29 is 14.3 Å². The standard InChI is InChI=1S/C20H19BrN4O3/c1-28-17-5-3-2-4-12(17)10-22-20(27)13-8-18(26)25(11-13)19-15-7-6-14(21)9-16(15)23-24-19/h2-7,9,13H,8,10-11H2,1H3,(H,22,27)(H,23,24)/t13-/m0/s1.